The number of rotatable bonds is 8. The topological polar surface area (TPSA) is 100 Å². The summed E-state index contributed by atoms with van der Waals surface area (Å²) in [6.07, 6.45) is 1.77. The summed E-state index contributed by atoms with van der Waals surface area (Å²) in [5.41, 5.74) is 0.643. The summed E-state index contributed by atoms with van der Waals surface area (Å²) in [5.74, 6) is -2.50. The Kier molecular flexibility index (Phi) is 8.19. The molecule has 0 saturated carbocycles. The molecule has 2 heterocycles. The van der Waals surface area contributed by atoms with Crippen molar-refractivity contribution in [3.05, 3.63) is 64.6 Å². The van der Waals surface area contributed by atoms with Crippen LogP contribution < -0.4 is 0 Å². The number of ketones is 1. The highest BCUT2D eigenvalue weighted by molar-refractivity contribution is 8.77. The van der Waals surface area contributed by atoms with Crippen molar-refractivity contribution in [1.82, 2.24) is 15.1 Å². The van der Waals surface area contributed by atoms with Crippen molar-refractivity contribution in [2.45, 2.75) is 22.7 Å². The molecule has 7 nitrogen and oxygen atoms in total. The van der Waals surface area contributed by atoms with Crippen molar-refractivity contribution in [2.24, 2.45) is 0 Å². The number of likely N-dealkylation sites (tertiary alicyclic amines) is 1. The molecule has 0 bridgehead atoms. The minimum Gasteiger partial charge on any atom is -0.478 e. The van der Waals surface area contributed by atoms with Gasteiger partial charge in [0, 0.05) is 30.0 Å². The molecule has 11 heteroatoms. The molecule has 31 heavy (non-hydrogen) atoms. The van der Waals surface area contributed by atoms with E-state index in [1.807, 2.05) is 0 Å². The molecular formula is C20H17ClFN3O4S2. The molecule has 2 unspecified atom stereocenters. The number of halogens is 2. The van der Waals surface area contributed by atoms with Gasteiger partial charge in [0.1, 0.15) is 16.9 Å². The van der Waals surface area contributed by atoms with Crippen LogP contribution in [0.3, 0.4) is 0 Å². The van der Waals surface area contributed by atoms with E-state index in [1.54, 1.807) is 23.1 Å². The number of aromatic nitrogens is 2. The van der Waals surface area contributed by atoms with Crippen LogP contribution in [0.15, 0.2) is 53.1 Å². The maximum Gasteiger partial charge on any atom is 0.328 e. The summed E-state index contributed by atoms with van der Waals surface area (Å²) in [6.45, 7) is 0.482. The highest BCUT2D eigenvalue weighted by Gasteiger charge is 2.35. The second-order valence-corrected chi connectivity index (χ2v) is 9.43. The molecule has 1 aromatic heterocycles. The number of piperidine rings is 1. The van der Waals surface area contributed by atoms with Crippen molar-refractivity contribution in [2.75, 3.05) is 13.1 Å². The minimum atomic E-state index is -1.12. The van der Waals surface area contributed by atoms with E-state index in [0.717, 1.165) is 6.08 Å². The maximum absolute atomic E-state index is 14.4. The third-order valence-corrected chi connectivity index (χ3v) is 7.55. The Morgan fingerprint density at radius 1 is 1.26 bits per heavy atom. The molecule has 1 aromatic carbocycles. The minimum absolute atomic E-state index is 0.0891. The van der Waals surface area contributed by atoms with Crippen molar-refractivity contribution in [1.29, 1.82) is 0 Å². The second kappa shape index (κ2) is 10.9. The summed E-state index contributed by atoms with van der Waals surface area (Å²) >= 11 is 5.74. The van der Waals surface area contributed by atoms with Gasteiger partial charge in [-0.15, -0.1) is 10.2 Å². The van der Waals surface area contributed by atoms with Crippen LogP contribution in [0.2, 0.25) is 5.15 Å². The van der Waals surface area contributed by atoms with Crippen LogP contribution in [0.4, 0.5) is 4.39 Å². The number of carboxylic acid groups (broad SMARTS) is 1. The van der Waals surface area contributed by atoms with Crippen LogP contribution >= 0.6 is 33.2 Å². The predicted octanol–water partition coefficient (Wildman–Crippen LogP) is 3.60. The van der Waals surface area contributed by atoms with Crippen molar-refractivity contribution < 1.29 is 23.9 Å². The predicted molar refractivity (Wildman–Crippen MR) is 116 cm³/mol. The standard InChI is InChI=1S/C20H17ClFN3O4S2/c21-17-5-6-18(24-23-17)31-30-16-7-8-25(10-12(16)9-19(28)29)20(15(27)11-26)13-3-1-2-4-14(13)22/h1-6,9,11,16,20H,7-8,10H2,(H,28,29)/b12-9-. The van der Waals surface area contributed by atoms with Gasteiger partial charge in [0.2, 0.25) is 5.78 Å². The highest BCUT2D eigenvalue weighted by Crippen LogP contribution is 2.41. The van der Waals surface area contributed by atoms with Crippen LogP contribution in [0.1, 0.15) is 18.0 Å². The average molecular weight is 482 g/mol. The first-order valence-corrected chi connectivity index (χ1v) is 11.7. The van der Waals surface area contributed by atoms with Gasteiger partial charge in [-0.3, -0.25) is 14.5 Å². The maximum atomic E-state index is 14.4. The van der Waals surface area contributed by atoms with Crippen LogP contribution in [0.5, 0.6) is 0 Å². The van der Waals surface area contributed by atoms with E-state index < -0.39 is 23.6 Å². The lowest BCUT2D eigenvalue weighted by atomic mass is 9.95. The lowest BCUT2D eigenvalue weighted by Gasteiger charge is -2.37. The number of aldehydes is 1. The van der Waals surface area contributed by atoms with Crippen molar-refractivity contribution in [3.8, 4) is 0 Å². The van der Waals surface area contributed by atoms with E-state index in [1.165, 1.54) is 39.8 Å². The van der Waals surface area contributed by atoms with Crippen LogP contribution in [-0.2, 0) is 14.4 Å². The molecule has 162 valence electrons. The number of nitrogens with zero attached hydrogens (tertiary/aromatic N) is 3. The zero-order chi connectivity index (χ0) is 22.4. The molecule has 1 aliphatic rings. The van der Waals surface area contributed by atoms with Gasteiger partial charge in [0.05, 0.1) is 0 Å². The summed E-state index contributed by atoms with van der Waals surface area (Å²) in [5, 5.41) is 17.8. The molecule has 2 aromatic rings. The number of hydrogen-bond acceptors (Lipinski definition) is 8. The molecule has 1 N–H and O–H groups in total. The Hall–Kier alpha value is -2.27. The van der Waals surface area contributed by atoms with Gasteiger partial charge in [-0.1, -0.05) is 40.6 Å². The number of aliphatic carboxylic acids is 1. The summed E-state index contributed by atoms with van der Waals surface area (Å²) in [4.78, 5) is 36.6. The summed E-state index contributed by atoms with van der Waals surface area (Å²) in [7, 11) is 2.75. The summed E-state index contributed by atoms with van der Waals surface area (Å²) in [6, 6.07) is 7.97. The molecular weight excluding hydrogens is 465 g/mol. The first kappa shape index (κ1) is 23.4. The van der Waals surface area contributed by atoms with Gasteiger partial charge in [-0.25, -0.2) is 9.18 Å². The Balaban J connectivity index is 1.81. The van der Waals surface area contributed by atoms with Gasteiger partial charge < -0.3 is 5.11 Å². The van der Waals surface area contributed by atoms with Crippen LogP contribution in [0, 0.1) is 5.82 Å². The monoisotopic (exact) mass is 481 g/mol. The quantitative estimate of drug-likeness (QED) is 0.262. The molecule has 1 fully saturated rings. The largest absolute Gasteiger partial charge is 0.478 e. The number of carboxylic acids is 1. The van der Waals surface area contributed by atoms with E-state index in [2.05, 4.69) is 10.2 Å². The second-order valence-electron chi connectivity index (χ2n) is 6.62. The molecule has 3 rings (SSSR count). The van der Waals surface area contributed by atoms with Crippen molar-refractivity contribution in [3.63, 3.8) is 0 Å². The summed E-state index contributed by atoms with van der Waals surface area (Å²) < 4.78 is 14.4. The number of Topliss-reactive ketones (excluding diaryl/α,β-unsaturated/α-hetero) is 1. The molecule has 0 aliphatic carbocycles. The van der Waals surface area contributed by atoms with Crippen molar-refractivity contribution >= 4 is 51.2 Å². The first-order chi connectivity index (χ1) is 14.9. The normalized spacial score (nSPS) is 19.2. The van der Waals surface area contributed by atoms with Crippen LogP contribution in [0.25, 0.3) is 0 Å². The number of benzene rings is 1. The zero-order valence-electron chi connectivity index (χ0n) is 16.0. The van der Waals surface area contributed by atoms with E-state index in [9.17, 15) is 23.9 Å². The van der Waals surface area contributed by atoms with E-state index in [-0.39, 0.29) is 28.8 Å². The Labute approximate surface area is 190 Å². The molecule has 2 atom stereocenters. The highest BCUT2D eigenvalue weighted by atomic mass is 35.5. The fourth-order valence-corrected chi connectivity index (χ4v) is 5.81. The SMILES string of the molecule is O=CC(=O)C(c1ccccc1F)N1CCC(SSc2ccc(Cl)nn2)/C(=C\C(=O)O)C1. The number of carbonyl (C=O) groups is 3. The third-order valence-electron chi connectivity index (χ3n) is 4.59. The van der Waals surface area contributed by atoms with Gasteiger partial charge in [-0.05, 0) is 41.0 Å². The lowest BCUT2D eigenvalue weighted by molar-refractivity contribution is -0.133. The fraction of sp³-hybridized carbons (Fsp3) is 0.250. The van der Waals surface area contributed by atoms with Crippen LogP contribution in [-0.4, -0.2) is 56.6 Å². The number of carbonyl (C=O) groups excluding carboxylic acids is 2. The zero-order valence-corrected chi connectivity index (χ0v) is 18.4. The lowest BCUT2D eigenvalue weighted by Crippen LogP contribution is -2.43. The fourth-order valence-electron chi connectivity index (χ4n) is 3.26. The third kappa shape index (κ3) is 6.13. The smallest absolute Gasteiger partial charge is 0.328 e. The molecule has 1 aliphatic heterocycles. The molecule has 0 radical (unpaired) electrons. The number of hydrogen-bond donors (Lipinski definition) is 1. The van der Waals surface area contributed by atoms with E-state index >= 15 is 0 Å². The Morgan fingerprint density at radius 3 is 2.68 bits per heavy atom. The molecule has 0 amide bonds. The molecule has 1 saturated heterocycles. The Morgan fingerprint density at radius 2 is 2.03 bits per heavy atom. The first-order valence-electron chi connectivity index (χ1n) is 9.12. The van der Waals surface area contributed by atoms with Gasteiger partial charge in [0.25, 0.3) is 0 Å². The Bertz CT molecular complexity index is 1010. The van der Waals surface area contributed by atoms with E-state index in [0.29, 0.717) is 23.6 Å². The molecule has 0 spiro atoms. The van der Waals surface area contributed by atoms with Gasteiger partial charge >= 0.3 is 5.97 Å². The van der Waals surface area contributed by atoms with Gasteiger partial charge in [-0.2, -0.15) is 0 Å². The van der Waals surface area contributed by atoms with E-state index in [4.69, 9.17) is 11.6 Å². The van der Waals surface area contributed by atoms with Gasteiger partial charge in [0.15, 0.2) is 11.4 Å². The average Bonchev–Trinajstić information content (AvgIpc) is 2.75.